The van der Waals surface area contributed by atoms with Gasteiger partial charge in [-0.15, -0.1) is 10.2 Å². The molecule has 1 saturated heterocycles. The highest BCUT2D eigenvalue weighted by molar-refractivity contribution is 8.00. The molecule has 0 saturated carbocycles. The molecule has 0 N–H and O–H groups in total. The first-order valence-corrected chi connectivity index (χ1v) is 7.85. The van der Waals surface area contributed by atoms with Crippen molar-refractivity contribution in [2.45, 2.75) is 23.1 Å². The Balaban J connectivity index is 1.74. The Morgan fingerprint density at radius 1 is 1.38 bits per heavy atom. The molecule has 0 bridgehead atoms. The van der Waals surface area contributed by atoms with Crippen molar-refractivity contribution in [2.75, 3.05) is 11.4 Å². The van der Waals surface area contributed by atoms with Gasteiger partial charge in [0.15, 0.2) is 5.15 Å². The first kappa shape index (κ1) is 14.3. The van der Waals surface area contributed by atoms with E-state index in [0.29, 0.717) is 10.2 Å². The molecule has 1 fully saturated rings. The Bertz CT molecular complexity index is 644. The Labute approximate surface area is 131 Å². The van der Waals surface area contributed by atoms with E-state index in [-0.39, 0.29) is 11.2 Å². The summed E-state index contributed by atoms with van der Waals surface area (Å²) in [5, 5.41) is 12.9. The van der Waals surface area contributed by atoms with Crippen molar-refractivity contribution in [2.24, 2.45) is 7.05 Å². The van der Waals surface area contributed by atoms with Crippen LogP contribution in [0.5, 0.6) is 0 Å². The average molecular weight is 324 g/mol. The van der Waals surface area contributed by atoms with Crippen molar-refractivity contribution in [3.63, 3.8) is 0 Å². The summed E-state index contributed by atoms with van der Waals surface area (Å²) in [7, 11) is 1.84. The molecule has 1 amide bonds. The molecule has 110 valence electrons. The van der Waals surface area contributed by atoms with Gasteiger partial charge in [-0.3, -0.25) is 9.48 Å². The number of piperidine rings is 1. The molecule has 3 heterocycles. The first-order chi connectivity index (χ1) is 10.1. The normalized spacial score (nSPS) is 19.0. The van der Waals surface area contributed by atoms with Gasteiger partial charge in [0, 0.05) is 19.8 Å². The van der Waals surface area contributed by atoms with Crippen LogP contribution >= 0.6 is 23.4 Å². The second-order valence-electron chi connectivity index (χ2n) is 4.81. The van der Waals surface area contributed by atoms with Crippen molar-refractivity contribution in [3.05, 3.63) is 29.7 Å². The van der Waals surface area contributed by atoms with Gasteiger partial charge in [0.1, 0.15) is 5.03 Å². The van der Waals surface area contributed by atoms with Crippen LogP contribution in [-0.2, 0) is 11.8 Å². The summed E-state index contributed by atoms with van der Waals surface area (Å²) in [6.07, 6.45) is 5.37. The van der Waals surface area contributed by atoms with E-state index in [1.54, 1.807) is 27.9 Å². The quantitative estimate of drug-likeness (QED) is 0.866. The molecule has 0 aliphatic carbocycles. The third-order valence-electron chi connectivity index (χ3n) is 3.26. The lowest BCUT2D eigenvalue weighted by Crippen LogP contribution is -2.42. The minimum absolute atomic E-state index is 0.0935. The molecule has 0 aromatic carbocycles. The van der Waals surface area contributed by atoms with E-state index in [1.807, 2.05) is 13.2 Å². The fourth-order valence-corrected chi connectivity index (χ4v) is 3.41. The molecule has 0 spiro atoms. The predicted molar refractivity (Wildman–Crippen MR) is 81.5 cm³/mol. The number of aromatic nitrogens is 4. The van der Waals surface area contributed by atoms with E-state index in [1.165, 1.54) is 11.8 Å². The van der Waals surface area contributed by atoms with E-state index in [9.17, 15) is 4.79 Å². The zero-order chi connectivity index (χ0) is 14.8. The van der Waals surface area contributed by atoms with Crippen LogP contribution in [0.15, 0.2) is 29.6 Å². The molecule has 6 nitrogen and oxygen atoms in total. The third kappa shape index (κ3) is 3.19. The highest BCUT2D eigenvalue weighted by Gasteiger charge is 2.31. The van der Waals surface area contributed by atoms with Crippen LogP contribution in [-0.4, -0.2) is 37.7 Å². The van der Waals surface area contributed by atoms with Crippen LogP contribution in [0, 0.1) is 0 Å². The molecule has 1 aliphatic heterocycles. The zero-order valence-electron chi connectivity index (χ0n) is 11.4. The van der Waals surface area contributed by atoms with E-state index < -0.39 is 0 Å². The number of hydrogen-bond donors (Lipinski definition) is 0. The van der Waals surface area contributed by atoms with Gasteiger partial charge in [-0.2, -0.15) is 5.10 Å². The number of halogens is 1. The molecular weight excluding hydrogens is 310 g/mol. The topological polar surface area (TPSA) is 63.9 Å². The summed E-state index contributed by atoms with van der Waals surface area (Å²) in [4.78, 5) is 14.4. The number of nitrogens with zero attached hydrogens (tertiary/aromatic N) is 5. The minimum atomic E-state index is -0.144. The fourth-order valence-electron chi connectivity index (χ4n) is 2.27. The Kier molecular flexibility index (Phi) is 4.12. The van der Waals surface area contributed by atoms with Gasteiger partial charge in [-0.1, -0.05) is 23.4 Å². The van der Waals surface area contributed by atoms with Crippen molar-refractivity contribution >= 4 is 35.0 Å². The largest absolute Gasteiger partial charge is 0.309 e. The summed E-state index contributed by atoms with van der Waals surface area (Å²) < 4.78 is 1.70. The molecule has 0 unspecified atom stereocenters. The monoisotopic (exact) mass is 323 g/mol. The molecule has 8 heteroatoms. The molecule has 3 rings (SSSR count). The van der Waals surface area contributed by atoms with E-state index >= 15 is 0 Å². The van der Waals surface area contributed by atoms with Crippen LogP contribution in [0.4, 0.5) is 5.69 Å². The summed E-state index contributed by atoms with van der Waals surface area (Å²) in [5.74, 6) is 0.0935. The first-order valence-electron chi connectivity index (χ1n) is 6.59. The van der Waals surface area contributed by atoms with Crippen LogP contribution in [0.3, 0.4) is 0 Å². The van der Waals surface area contributed by atoms with Gasteiger partial charge in [-0.25, -0.2) is 0 Å². The van der Waals surface area contributed by atoms with Crippen molar-refractivity contribution in [1.82, 2.24) is 20.0 Å². The smallest absolute Gasteiger partial charge is 0.240 e. The SMILES string of the molecule is Cn1cc(N2CCC[C@H](Sc3ccc(Cl)nn3)C2=O)cn1. The molecule has 2 aromatic heterocycles. The van der Waals surface area contributed by atoms with Crippen LogP contribution in [0.2, 0.25) is 5.15 Å². The van der Waals surface area contributed by atoms with Gasteiger partial charge in [0.2, 0.25) is 5.91 Å². The maximum atomic E-state index is 12.6. The third-order valence-corrected chi connectivity index (χ3v) is 4.65. The van der Waals surface area contributed by atoms with E-state index in [4.69, 9.17) is 11.6 Å². The Morgan fingerprint density at radius 2 is 2.24 bits per heavy atom. The Morgan fingerprint density at radius 3 is 2.90 bits per heavy atom. The number of carbonyl (C=O) groups is 1. The summed E-state index contributed by atoms with van der Waals surface area (Å²) in [6, 6.07) is 3.47. The average Bonchev–Trinajstić information content (AvgIpc) is 2.90. The summed E-state index contributed by atoms with van der Waals surface area (Å²) in [6.45, 7) is 0.730. The highest BCUT2D eigenvalue weighted by atomic mass is 35.5. The van der Waals surface area contributed by atoms with Crippen LogP contribution < -0.4 is 4.90 Å². The maximum absolute atomic E-state index is 12.6. The molecule has 1 atom stereocenters. The lowest BCUT2D eigenvalue weighted by atomic mass is 10.1. The number of amides is 1. The van der Waals surface area contributed by atoms with E-state index in [0.717, 1.165) is 25.1 Å². The second kappa shape index (κ2) is 6.03. The number of rotatable bonds is 3. The molecule has 1 aliphatic rings. The van der Waals surface area contributed by atoms with E-state index in [2.05, 4.69) is 15.3 Å². The number of thioether (sulfide) groups is 1. The Hall–Kier alpha value is -1.60. The van der Waals surface area contributed by atoms with Crippen molar-refractivity contribution < 1.29 is 4.79 Å². The minimum Gasteiger partial charge on any atom is -0.309 e. The van der Waals surface area contributed by atoms with Crippen LogP contribution in [0.25, 0.3) is 0 Å². The fraction of sp³-hybridized carbons (Fsp3) is 0.385. The van der Waals surface area contributed by atoms with Gasteiger partial charge >= 0.3 is 0 Å². The summed E-state index contributed by atoms with van der Waals surface area (Å²) >= 11 is 7.16. The van der Waals surface area contributed by atoms with Gasteiger partial charge in [0.25, 0.3) is 0 Å². The lowest BCUT2D eigenvalue weighted by molar-refractivity contribution is -0.119. The molecule has 2 aromatic rings. The van der Waals surface area contributed by atoms with Crippen molar-refractivity contribution in [1.29, 1.82) is 0 Å². The number of anilines is 1. The number of hydrogen-bond acceptors (Lipinski definition) is 5. The highest BCUT2D eigenvalue weighted by Crippen LogP contribution is 2.31. The maximum Gasteiger partial charge on any atom is 0.240 e. The second-order valence-corrected chi connectivity index (χ2v) is 6.42. The lowest BCUT2D eigenvalue weighted by Gasteiger charge is -2.30. The molecular formula is C13H14ClN5OS. The van der Waals surface area contributed by atoms with Crippen molar-refractivity contribution in [3.8, 4) is 0 Å². The van der Waals surface area contributed by atoms with Gasteiger partial charge in [0.05, 0.1) is 17.1 Å². The molecule has 0 radical (unpaired) electrons. The number of aryl methyl sites for hydroxylation is 1. The standard InChI is InChI=1S/C13H14ClN5OS/c1-18-8-9(7-15-18)19-6-2-3-10(13(19)20)21-12-5-4-11(14)16-17-12/h4-5,7-8,10H,2-3,6H2,1H3/t10-/m0/s1. The van der Waals surface area contributed by atoms with Crippen LogP contribution in [0.1, 0.15) is 12.8 Å². The molecule has 21 heavy (non-hydrogen) atoms. The predicted octanol–water partition coefficient (Wildman–Crippen LogP) is 2.15. The number of carbonyl (C=O) groups excluding carboxylic acids is 1. The zero-order valence-corrected chi connectivity index (χ0v) is 13.0. The van der Waals surface area contributed by atoms with Gasteiger partial charge in [-0.05, 0) is 25.0 Å². The summed E-state index contributed by atoms with van der Waals surface area (Å²) in [5.41, 5.74) is 0.843. The van der Waals surface area contributed by atoms with Gasteiger partial charge < -0.3 is 4.90 Å².